The predicted molar refractivity (Wildman–Crippen MR) is 82.7 cm³/mol. The summed E-state index contributed by atoms with van der Waals surface area (Å²) in [6.45, 7) is 4.64. The van der Waals surface area contributed by atoms with Crippen molar-refractivity contribution in [2.24, 2.45) is 5.73 Å². The third kappa shape index (κ3) is 2.49. The molecule has 1 unspecified atom stereocenters. The van der Waals surface area contributed by atoms with Gasteiger partial charge in [0.1, 0.15) is 0 Å². The van der Waals surface area contributed by atoms with Crippen molar-refractivity contribution < 1.29 is 4.74 Å². The molecule has 1 atom stereocenters. The normalized spacial score (nSPS) is 14.2. The van der Waals surface area contributed by atoms with Crippen molar-refractivity contribution in [3.63, 3.8) is 0 Å². The molecule has 3 rings (SSSR count). The fourth-order valence-electron chi connectivity index (χ4n) is 2.79. The molecule has 0 bridgehead atoms. The zero-order valence-corrected chi connectivity index (χ0v) is 12.1. The van der Waals surface area contributed by atoms with Gasteiger partial charge in [0.25, 0.3) is 0 Å². The second-order valence-corrected chi connectivity index (χ2v) is 5.74. The van der Waals surface area contributed by atoms with Crippen LogP contribution >= 0.6 is 0 Å². The van der Waals surface area contributed by atoms with Crippen molar-refractivity contribution in [1.82, 2.24) is 0 Å². The highest BCUT2D eigenvalue weighted by Gasteiger charge is 2.19. The second-order valence-electron chi connectivity index (χ2n) is 5.74. The van der Waals surface area contributed by atoms with Gasteiger partial charge >= 0.3 is 0 Å². The Morgan fingerprint density at radius 2 is 1.80 bits per heavy atom. The van der Waals surface area contributed by atoms with Crippen molar-refractivity contribution >= 4 is 0 Å². The maximum Gasteiger partial charge on any atom is 0.0662 e. The lowest BCUT2D eigenvalue weighted by Crippen LogP contribution is -2.19. The molecule has 2 nitrogen and oxygen atoms in total. The Hall–Kier alpha value is -1.64. The average molecular weight is 267 g/mol. The van der Waals surface area contributed by atoms with Crippen LogP contribution in [0.2, 0.25) is 0 Å². The van der Waals surface area contributed by atoms with E-state index in [2.05, 4.69) is 42.5 Å². The van der Waals surface area contributed by atoms with Crippen molar-refractivity contribution in [3.05, 3.63) is 59.2 Å². The monoisotopic (exact) mass is 267 g/mol. The summed E-state index contributed by atoms with van der Waals surface area (Å²) in [4.78, 5) is 0. The molecular weight excluding hydrogens is 246 g/mol. The molecule has 0 aliphatic heterocycles. The largest absolute Gasteiger partial charge is 0.377 e. The number of hydrogen-bond donors (Lipinski definition) is 1. The topological polar surface area (TPSA) is 35.2 Å². The fourth-order valence-corrected chi connectivity index (χ4v) is 2.79. The molecule has 0 amide bonds. The van der Waals surface area contributed by atoms with Crippen molar-refractivity contribution in [1.29, 1.82) is 0 Å². The molecule has 0 fully saturated rings. The van der Waals surface area contributed by atoms with Crippen LogP contribution in [0, 0.1) is 0 Å². The third-order valence-corrected chi connectivity index (χ3v) is 3.86. The minimum absolute atomic E-state index is 0.0496. The lowest BCUT2D eigenvalue weighted by Gasteiger charge is -2.15. The zero-order valence-electron chi connectivity index (χ0n) is 12.1. The summed E-state index contributed by atoms with van der Waals surface area (Å²) in [6, 6.07) is 15.1. The van der Waals surface area contributed by atoms with Gasteiger partial charge in [-0.3, -0.25) is 0 Å². The first kappa shape index (κ1) is 13.3. The highest BCUT2D eigenvalue weighted by molar-refractivity contribution is 5.76. The number of benzene rings is 2. The van der Waals surface area contributed by atoms with E-state index in [0.29, 0.717) is 6.61 Å². The van der Waals surface area contributed by atoms with Crippen molar-refractivity contribution in [2.75, 3.05) is 6.61 Å². The van der Waals surface area contributed by atoms with Crippen LogP contribution in [0.25, 0.3) is 11.1 Å². The molecule has 0 heterocycles. The Kier molecular flexibility index (Phi) is 3.60. The van der Waals surface area contributed by atoms with Crippen LogP contribution in [0.3, 0.4) is 0 Å². The number of fused-ring (bicyclic) bond motifs is 3. The third-order valence-electron chi connectivity index (χ3n) is 3.86. The van der Waals surface area contributed by atoms with Gasteiger partial charge in [-0.25, -0.2) is 0 Å². The average Bonchev–Trinajstić information content (AvgIpc) is 2.82. The lowest BCUT2D eigenvalue weighted by molar-refractivity contribution is 0.0683. The Bertz CT molecular complexity index is 619. The maximum absolute atomic E-state index is 6.22. The van der Waals surface area contributed by atoms with E-state index in [1.165, 1.54) is 22.3 Å². The van der Waals surface area contributed by atoms with E-state index in [9.17, 15) is 0 Å². The Balaban J connectivity index is 1.83. The standard InChI is InChI=1S/C18H21NO/c1-12(2)20-11-18(19)14-7-8-17-15(10-14)9-13-5-3-4-6-16(13)17/h3-8,10,12,18H,9,11,19H2,1-2H3. The van der Waals surface area contributed by atoms with Crippen molar-refractivity contribution in [2.45, 2.75) is 32.4 Å². The van der Waals surface area contributed by atoms with Crippen LogP contribution in [0.4, 0.5) is 0 Å². The van der Waals surface area contributed by atoms with Crippen LogP contribution in [0.5, 0.6) is 0 Å². The van der Waals surface area contributed by atoms with Gasteiger partial charge in [-0.15, -0.1) is 0 Å². The highest BCUT2D eigenvalue weighted by Crippen LogP contribution is 2.37. The summed E-state index contributed by atoms with van der Waals surface area (Å²) < 4.78 is 5.61. The number of hydrogen-bond acceptors (Lipinski definition) is 2. The van der Waals surface area contributed by atoms with Gasteiger partial charge in [-0.2, -0.15) is 0 Å². The van der Waals surface area contributed by atoms with E-state index in [1.54, 1.807) is 0 Å². The van der Waals surface area contributed by atoms with Gasteiger partial charge in [-0.1, -0.05) is 42.5 Å². The summed E-state index contributed by atoms with van der Waals surface area (Å²) in [5.74, 6) is 0. The molecule has 2 aromatic carbocycles. The molecule has 2 aromatic rings. The summed E-state index contributed by atoms with van der Waals surface area (Å²) >= 11 is 0. The number of ether oxygens (including phenoxy) is 1. The molecule has 0 aromatic heterocycles. The summed E-state index contributed by atoms with van der Waals surface area (Å²) in [5.41, 5.74) is 12.9. The van der Waals surface area contributed by atoms with Gasteiger partial charge < -0.3 is 10.5 Å². The minimum Gasteiger partial charge on any atom is -0.377 e. The van der Waals surface area contributed by atoms with Crippen LogP contribution in [-0.4, -0.2) is 12.7 Å². The van der Waals surface area contributed by atoms with E-state index >= 15 is 0 Å². The van der Waals surface area contributed by atoms with Gasteiger partial charge in [0.15, 0.2) is 0 Å². The Morgan fingerprint density at radius 3 is 2.60 bits per heavy atom. The first-order valence-electron chi connectivity index (χ1n) is 7.23. The molecule has 0 radical (unpaired) electrons. The molecule has 2 N–H and O–H groups in total. The van der Waals surface area contributed by atoms with Gasteiger partial charge in [0.2, 0.25) is 0 Å². The molecule has 0 spiro atoms. The van der Waals surface area contributed by atoms with Crippen LogP contribution in [0.15, 0.2) is 42.5 Å². The molecule has 104 valence electrons. The molecule has 20 heavy (non-hydrogen) atoms. The molecule has 1 aliphatic rings. The van der Waals surface area contributed by atoms with E-state index < -0.39 is 0 Å². The van der Waals surface area contributed by atoms with Crippen LogP contribution < -0.4 is 5.73 Å². The first-order chi connectivity index (χ1) is 9.65. The molecule has 1 aliphatic carbocycles. The molecular formula is C18H21NO. The van der Waals surface area contributed by atoms with E-state index in [0.717, 1.165) is 12.0 Å². The van der Waals surface area contributed by atoms with E-state index in [4.69, 9.17) is 10.5 Å². The highest BCUT2D eigenvalue weighted by atomic mass is 16.5. The van der Waals surface area contributed by atoms with E-state index in [-0.39, 0.29) is 12.1 Å². The summed E-state index contributed by atoms with van der Waals surface area (Å²) in [5, 5.41) is 0. The Morgan fingerprint density at radius 1 is 1.05 bits per heavy atom. The van der Waals surface area contributed by atoms with Crippen LogP contribution in [0.1, 0.15) is 36.6 Å². The first-order valence-corrected chi connectivity index (χ1v) is 7.23. The second kappa shape index (κ2) is 5.39. The predicted octanol–water partition coefficient (Wildman–Crippen LogP) is 3.68. The lowest BCUT2D eigenvalue weighted by atomic mass is 10.0. The zero-order chi connectivity index (χ0) is 14.1. The van der Waals surface area contributed by atoms with Gasteiger partial charge in [0, 0.05) is 0 Å². The molecule has 2 heteroatoms. The number of nitrogens with two attached hydrogens (primary N) is 1. The SMILES string of the molecule is CC(C)OCC(N)c1ccc2c(c1)Cc1ccccc1-2. The van der Waals surface area contributed by atoms with Crippen molar-refractivity contribution in [3.8, 4) is 11.1 Å². The van der Waals surface area contributed by atoms with Gasteiger partial charge in [0.05, 0.1) is 18.8 Å². The number of rotatable bonds is 4. The molecule has 0 saturated heterocycles. The smallest absolute Gasteiger partial charge is 0.0662 e. The van der Waals surface area contributed by atoms with Gasteiger partial charge in [-0.05, 0) is 48.1 Å². The Labute approximate surface area is 120 Å². The fraction of sp³-hybridized carbons (Fsp3) is 0.333. The molecule has 0 saturated carbocycles. The minimum atomic E-state index is -0.0496. The summed E-state index contributed by atoms with van der Waals surface area (Å²) in [6.07, 6.45) is 1.23. The van der Waals surface area contributed by atoms with E-state index in [1.807, 2.05) is 13.8 Å². The van der Waals surface area contributed by atoms with Crippen LogP contribution in [-0.2, 0) is 11.2 Å². The maximum atomic E-state index is 6.22. The quantitative estimate of drug-likeness (QED) is 0.782. The summed E-state index contributed by atoms with van der Waals surface area (Å²) in [7, 11) is 0.